The van der Waals surface area contributed by atoms with Crippen molar-refractivity contribution in [2.45, 2.75) is 129 Å². The SMILES string of the molecule is Cc1nccc(Sc2c(NC(=O)OC(C)(C)C)nc(N3CCC4(CC3)Cc3ccccc3[C@H]4N[S@](=O)C(C)(C)C)n3ccnc23)c1Cl.Nc1nccc(Sc2c(N)nc(N3CCC4(CC3)Cc3ccccc3[C@H]4N)n3ccnc23)c1Cl. The van der Waals surface area contributed by atoms with Gasteiger partial charge in [0.15, 0.2) is 17.1 Å². The maximum Gasteiger partial charge on any atom is 0.413 e. The third-order valence-corrected chi connectivity index (χ3v) is 20.9. The second-order valence-electron chi connectivity index (χ2n) is 23.4. The molecule has 2 saturated heterocycles. The van der Waals surface area contributed by atoms with Gasteiger partial charge >= 0.3 is 6.09 Å². The van der Waals surface area contributed by atoms with Crippen molar-refractivity contribution in [1.82, 2.24) is 43.4 Å². The molecule has 8 heterocycles. The molecular weight excluding hydrogens is 1120 g/mol. The third kappa shape index (κ3) is 11.1. The number of aromatic nitrogens is 8. The number of halogens is 2. The summed E-state index contributed by atoms with van der Waals surface area (Å²) in [5, 5.41) is 3.84. The Morgan fingerprint density at radius 2 is 1.22 bits per heavy atom. The highest BCUT2D eigenvalue weighted by molar-refractivity contribution is 8.00. The highest BCUT2D eigenvalue weighted by Crippen LogP contribution is 2.54. The first-order valence-electron chi connectivity index (χ1n) is 27.1. The van der Waals surface area contributed by atoms with Gasteiger partial charge in [0.25, 0.3) is 0 Å². The molecule has 18 nitrogen and oxygen atoms in total. The molecule has 424 valence electrons. The molecule has 2 aromatic carbocycles. The molecular formula is C58H67Cl2N15O3S3. The van der Waals surface area contributed by atoms with Crippen LogP contribution in [0.5, 0.6) is 0 Å². The van der Waals surface area contributed by atoms with Crippen molar-refractivity contribution in [3.8, 4) is 0 Å². The summed E-state index contributed by atoms with van der Waals surface area (Å²) in [5.41, 5.74) is 25.8. The van der Waals surface area contributed by atoms with Crippen molar-refractivity contribution < 1.29 is 13.7 Å². The molecule has 2 aliphatic heterocycles. The molecule has 23 heteroatoms. The van der Waals surface area contributed by atoms with E-state index < -0.39 is 22.7 Å². The summed E-state index contributed by atoms with van der Waals surface area (Å²) in [6.07, 6.45) is 15.8. The largest absolute Gasteiger partial charge is 0.444 e. The number of hydrogen-bond donors (Lipinski definition) is 5. The zero-order valence-electron chi connectivity index (χ0n) is 46.4. The average molecular weight is 1190 g/mol. The fourth-order valence-corrected chi connectivity index (χ4v) is 15.1. The number of hydrogen-bond acceptors (Lipinski definition) is 16. The van der Waals surface area contributed by atoms with Crippen molar-refractivity contribution in [3.05, 3.63) is 136 Å². The molecule has 2 aliphatic carbocycles. The van der Waals surface area contributed by atoms with Crippen LogP contribution in [0.2, 0.25) is 10.0 Å². The number of carbonyl (C=O) groups is 1. The second kappa shape index (κ2) is 22.2. The van der Waals surface area contributed by atoms with E-state index in [1.807, 2.05) is 81.8 Å². The minimum atomic E-state index is -1.22. The van der Waals surface area contributed by atoms with Crippen LogP contribution in [0.4, 0.5) is 34.1 Å². The summed E-state index contributed by atoms with van der Waals surface area (Å²) in [5.74, 6) is 2.52. The molecule has 0 radical (unpaired) electrons. The van der Waals surface area contributed by atoms with Gasteiger partial charge in [0.05, 0.1) is 47.3 Å². The molecule has 8 aromatic rings. The molecule has 2 spiro atoms. The maximum absolute atomic E-state index is 13.4. The molecule has 81 heavy (non-hydrogen) atoms. The van der Waals surface area contributed by atoms with Crippen LogP contribution in [-0.2, 0) is 28.6 Å². The zero-order chi connectivity index (χ0) is 57.2. The number of nitrogens with zero attached hydrogens (tertiary/aromatic N) is 10. The Morgan fingerprint density at radius 3 is 1.84 bits per heavy atom. The summed E-state index contributed by atoms with van der Waals surface area (Å²) in [7, 11) is -1.22. The van der Waals surface area contributed by atoms with Gasteiger partial charge in [-0.3, -0.25) is 19.1 Å². The van der Waals surface area contributed by atoms with Gasteiger partial charge in [0.2, 0.25) is 11.9 Å². The predicted molar refractivity (Wildman–Crippen MR) is 325 cm³/mol. The summed E-state index contributed by atoms with van der Waals surface area (Å²) in [6, 6.07) is 20.8. The van der Waals surface area contributed by atoms with Gasteiger partial charge in [0.1, 0.15) is 17.2 Å². The van der Waals surface area contributed by atoms with Crippen LogP contribution in [0.15, 0.2) is 117 Å². The van der Waals surface area contributed by atoms with Crippen molar-refractivity contribution in [3.63, 3.8) is 0 Å². The van der Waals surface area contributed by atoms with E-state index in [1.54, 1.807) is 24.8 Å². The number of piperidine rings is 2. The van der Waals surface area contributed by atoms with Crippen molar-refractivity contribution in [2.24, 2.45) is 16.6 Å². The summed E-state index contributed by atoms with van der Waals surface area (Å²) in [6.45, 7) is 16.5. The number of ether oxygens (including phenoxy) is 1. The monoisotopic (exact) mass is 1190 g/mol. The molecule has 12 rings (SSSR count). The van der Waals surface area contributed by atoms with Crippen molar-refractivity contribution in [2.75, 3.05) is 52.8 Å². The number of nitrogen functional groups attached to an aromatic ring is 2. The van der Waals surface area contributed by atoms with Crippen LogP contribution in [0.25, 0.3) is 11.3 Å². The Labute approximate surface area is 492 Å². The molecule has 8 N–H and O–H groups in total. The molecule has 3 atom stereocenters. The first-order chi connectivity index (χ1) is 38.6. The fourth-order valence-electron chi connectivity index (χ4n) is 11.7. The van der Waals surface area contributed by atoms with Gasteiger partial charge in [-0.1, -0.05) is 95.3 Å². The third-order valence-electron chi connectivity index (χ3n) is 15.9. The van der Waals surface area contributed by atoms with E-state index in [9.17, 15) is 9.00 Å². The molecule has 4 aliphatic rings. The first kappa shape index (κ1) is 56.7. The number of imidazole rings is 2. The minimum absolute atomic E-state index is 0.0149. The molecule has 0 saturated carbocycles. The van der Waals surface area contributed by atoms with Crippen molar-refractivity contribution >= 4 is 104 Å². The average Bonchev–Trinajstić information content (AvgIpc) is 3.76. The summed E-state index contributed by atoms with van der Waals surface area (Å²) in [4.78, 5) is 48.0. The first-order valence-corrected chi connectivity index (χ1v) is 30.6. The highest BCUT2D eigenvalue weighted by Gasteiger charge is 2.50. The Bertz CT molecular complexity index is 3720. The molecule has 0 unspecified atom stereocenters. The van der Waals surface area contributed by atoms with E-state index >= 15 is 0 Å². The molecule has 0 bridgehead atoms. The fraction of sp³-hybridized carbons (Fsp3) is 0.397. The number of nitrogens with one attached hydrogen (secondary N) is 2. The zero-order valence-corrected chi connectivity index (χ0v) is 50.3. The topological polar surface area (TPSA) is 238 Å². The van der Waals surface area contributed by atoms with Crippen LogP contribution < -0.4 is 37.0 Å². The number of carbonyl (C=O) groups excluding carboxylic acids is 1. The van der Waals surface area contributed by atoms with Gasteiger partial charge in [0, 0.05) is 79.2 Å². The lowest BCUT2D eigenvalue weighted by Gasteiger charge is -2.44. The standard InChI is InChI=1S/C34H42ClN7O3S2.C24H25ClN8S/c1-21-25(35)24(12-15-36-21)46-26-28(39-31(43)45-32(2,3)4)38-30(42-19-16-37-29(26)42)41-17-13-34(14-18-41)20-22-10-8-9-11-23(22)27(34)40-47(44)33(5,6)7;25-17-16(5-8-29-20(17)27)34-18-21(28)31-23(33-12-9-30-22(18)33)32-10-6-24(7-11-32)13-14-3-1-2-4-15(14)19(24)26/h8-12,15-16,19,27,40H,13-14,17-18,20H2,1-7H3,(H,39,43);1-5,8-9,12,19H,6-7,10-11,13,26,28H2,(H2,27,29)/t27-,47-;19-/m11/s1. The van der Waals surface area contributed by atoms with Crippen LogP contribution in [0.3, 0.4) is 0 Å². The molecule has 1 amide bonds. The van der Waals surface area contributed by atoms with Gasteiger partial charge in [-0.15, -0.1) is 0 Å². The Morgan fingerprint density at radius 1 is 0.691 bits per heavy atom. The lowest BCUT2D eigenvalue weighted by molar-refractivity contribution is 0.0635. The Hall–Kier alpha value is -6.20. The maximum atomic E-state index is 13.4. The number of fused-ring (bicyclic) bond motifs is 4. The van der Waals surface area contributed by atoms with Gasteiger partial charge < -0.3 is 31.7 Å². The van der Waals surface area contributed by atoms with Crippen LogP contribution in [-0.4, -0.2) is 85.5 Å². The predicted octanol–water partition coefficient (Wildman–Crippen LogP) is 11.5. The van der Waals surface area contributed by atoms with E-state index in [0.717, 1.165) is 91.0 Å². The van der Waals surface area contributed by atoms with E-state index in [2.05, 4.69) is 83.3 Å². The number of anilines is 5. The number of benzene rings is 2. The normalized spacial score (nSPS) is 18.7. The molecule has 2 fully saturated rings. The van der Waals surface area contributed by atoms with Gasteiger partial charge in [-0.2, -0.15) is 9.97 Å². The number of pyridine rings is 2. The van der Waals surface area contributed by atoms with Crippen LogP contribution >= 0.6 is 46.7 Å². The smallest absolute Gasteiger partial charge is 0.413 e. The summed E-state index contributed by atoms with van der Waals surface area (Å²) < 4.78 is 26.1. The second-order valence-corrected chi connectivity index (χ2v) is 28.2. The van der Waals surface area contributed by atoms with Crippen LogP contribution in [0.1, 0.15) is 107 Å². The number of amides is 1. The van der Waals surface area contributed by atoms with Gasteiger partial charge in [-0.25, -0.2) is 28.7 Å². The van der Waals surface area contributed by atoms with Crippen molar-refractivity contribution in [1.29, 1.82) is 0 Å². The van der Waals surface area contributed by atoms with E-state index in [0.29, 0.717) is 43.9 Å². The lowest BCUT2D eigenvalue weighted by atomic mass is 9.73. The van der Waals surface area contributed by atoms with Gasteiger partial charge in [-0.05, 0) is 132 Å². The van der Waals surface area contributed by atoms with E-state index in [1.165, 1.54) is 45.8 Å². The van der Waals surface area contributed by atoms with Crippen LogP contribution in [0, 0.1) is 17.8 Å². The van der Waals surface area contributed by atoms with E-state index in [4.69, 9.17) is 60.1 Å². The van der Waals surface area contributed by atoms with E-state index in [-0.39, 0.29) is 33.5 Å². The Balaban J connectivity index is 0.000000179. The minimum Gasteiger partial charge on any atom is -0.444 e. The number of aryl methyl sites for hydroxylation is 1. The lowest BCUT2D eigenvalue weighted by Crippen LogP contribution is -2.48. The quantitative estimate of drug-likeness (QED) is 0.0903. The Kier molecular flexibility index (Phi) is 15.5. The number of rotatable bonds is 9. The highest BCUT2D eigenvalue weighted by atomic mass is 35.5. The summed E-state index contributed by atoms with van der Waals surface area (Å²) >= 11 is 15.8. The molecule has 6 aromatic heterocycles. The number of nitrogens with two attached hydrogens (primary N) is 3.